The molecule has 0 amide bonds. The highest BCUT2D eigenvalue weighted by Crippen LogP contribution is 2.38. The lowest BCUT2D eigenvalue weighted by Gasteiger charge is -2.36. The third-order valence-electron chi connectivity index (χ3n) is 3.76. The summed E-state index contributed by atoms with van der Waals surface area (Å²) in [5.74, 6) is 0.380. The van der Waals surface area contributed by atoms with Crippen molar-refractivity contribution in [2.75, 3.05) is 0 Å². The summed E-state index contributed by atoms with van der Waals surface area (Å²) in [6.45, 7) is 6.48. The van der Waals surface area contributed by atoms with E-state index in [1.54, 1.807) is 0 Å². The number of aliphatic hydroxyl groups is 1. The molecule has 0 aliphatic carbocycles. The molecule has 1 heteroatoms. The van der Waals surface area contributed by atoms with Gasteiger partial charge in [0.05, 0.1) is 5.60 Å². The van der Waals surface area contributed by atoms with Gasteiger partial charge >= 0.3 is 0 Å². The van der Waals surface area contributed by atoms with Crippen LogP contribution in [-0.4, -0.2) is 5.11 Å². The van der Waals surface area contributed by atoms with Crippen LogP contribution in [-0.2, 0) is 5.60 Å². The quantitative estimate of drug-likeness (QED) is 0.736. The predicted molar refractivity (Wildman–Crippen MR) is 73.9 cm³/mol. The molecule has 0 spiro atoms. The van der Waals surface area contributed by atoms with Crippen LogP contribution >= 0.6 is 0 Å². The first kappa shape index (κ1) is 14.2. The Morgan fingerprint density at radius 1 is 1.00 bits per heavy atom. The van der Waals surface area contributed by atoms with Crippen LogP contribution in [0.3, 0.4) is 0 Å². The van der Waals surface area contributed by atoms with E-state index in [2.05, 4.69) is 32.9 Å². The van der Waals surface area contributed by atoms with Gasteiger partial charge in [0.15, 0.2) is 0 Å². The highest BCUT2D eigenvalue weighted by Gasteiger charge is 2.35. The summed E-state index contributed by atoms with van der Waals surface area (Å²) >= 11 is 0. The molecule has 0 aliphatic heterocycles. The summed E-state index contributed by atoms with van der Waals surface area (Å²) < 4.78 is 0. The zero-order valence-electron chi connectivity index (χ0n) is 11.4. The van der Waals surface area contributed by atoms with Crippen molar-refractivity contribution in [1.29, 1.82) is 0 Å². The molecular weight excluding hydrogens is 208 g/mol. The lowest BCUT2D eigenvalue weighted by molar-refractivity contribution is -0.0355. The Morgan fingerprint density at radius 3 is 1.94 bits per heavy atom. The van der Waals surface area contributed by atoms with E-state index in [0.29, 0.717) is 5.92 Å². The minimum absolute atomic E-state index is 0.380. The topological polar surface area (TPSA) is 20.2 Å². The summed E-state index contributed by atoms with van der Waals surface area (Å²) in [7, 11) is 0. The lowest BCUT2D eigenvalue weighted by atomic mass is 9.75. The third-order valence-corrected chi connectivity index (χ3v) is 3.76. The van der Waals surface area contributed by atoms with Crippen molar-refractivity contribution in [2.24, 2.45) is 5.92 Å². The maximum absolute atomic E-state index is 11.0. The summed E-state index contributed by atoms with van der Waals surface area (Å²) in [5, 5.41) is 11.0. The molecular formula is C16H26O. The molecule has 0 saturated carbocycles. The van der Waals surface area contributed by atoms with Gasteiger partial charge < -0.3 is 5.11 Å². The van der Waals surface area contributed by atoms with Crippen molar-refractivity contribution in [3.63, 3.8) is 0 Å². The molecule has 1 rings (SSSR count). The van der Waals surface area contributed by atoms with E-state index in [1.807, 2.05) is 18.2 Å². The van der Waals surface area contributed by atoms with E-state index >= 15 is 0 Å². The Bertz CT molecular complexity index is 301. The molecule has 0 heterocycles. The van der Waals surface area contributed by atoms with Gasteiger partial charge in [-0.2, -0.15) is 0 Å². The van der Waals surface area contributed by atoms with Crippen molar-refractivity contribution < 1.29 is 5.11 Å². The largest absolute Gasteiger partial charge is 0.385 e. The highest BCUT2D eigenvalue weighted by molar-refractivity contribution is 5.23. The van der Waals surface area contributed by atoms with Crippen LogP contribution in [0.5, 0.6) is 0 Å². The van der Waals surface area contributed by atoms with Gasteiger partial charge in [0, 0.05) is 0 Å². The second kappa shape index (κ2) is 6.80. The molecule has 0 bridgehead atoms. The monoisotopic (exact) mass is 234 g/mol. The van der Waals surface area contributed by atoms with E-state index in [1.165, 1.54) is 0 Å². The molecule has 96 valence electrons. The molecule has 0 aliphatic rings. The van der Waals surface area contributed by atoms with Gasteiger partial charge in [-0.3, -0.25) is 0 Å². The molecule has 1 unspecified atom stereocenters. The Morgan fingerprint density at radius 2 is 1.53 bits per heavy atom. The predicted octanol–water partition coefficient (Wildman–Crippen LogP) is 4.50. The van der Waals surface area contributed by atoms with E-state index in [9.17, 15) is 5.11 Å². The standard InChI is InChI=1S/C16H26O/c1-4-10-14(11-5-2)16(17,6-3)15-12-8-7-9-13-15/h7-9,12-14,17H,4-6,10-11H2,1-3H3. The van der Waals surface area contributed by atoms with E-state index in [0.717, 1.165) is 37.7 Å². The molecule has 0 saturated heterocycles. The van der Waals surface area contributed by atoms with Crippen LogP contribution < -0.4 is 0 Å². The Balaban J connectivity index is 2.99. The number of hydrogen-bond acceptors (Lipinski definition) is 1. The minimum Gasteiger partial charge on any atom is -0.385 e. The Labute approximate surface area is 106 Å². The van der Waals surface area contributed by atoms with Crippen LogP contribution in [0.4, 0.5) is 0 Å². The smallest absolute Gasteiger partial charge is 0.0921 e. The van der Waals surface area contributed by atoms with Crippen molar-refractivity contribution in [2.45, 2.75) is 58.5 Å². The first-order chi connectivity index (χ1) is 8.19. The summed E-state index contributed by atoms with van der Waals surface area (Å²) in [5.41, 5.74) is 0.433. The SMILES string of the molecule is CCCC(CCC)C(O)(CC)c1ccccc1. The molecule has 17 heavy (non-hydrogen) atoms. The molecule has 1 N–H and O–H groups in total. The third kappa shape index (κ3) is 3.32. The Kier molecular flexibility index (Phi) is 5.70. The van der Waals surface area contributed by atoms with Crippen molar-refractivity contribution in [3.05, 3.63) is 35.9 Å². The average Bonchev–Trinajstić information content (AvgIpc) is 2.38. The zero-order chi connectivity index (χ0) is 12.7. The molecule has 0 radical (unpaired) electrons. The normalized spacial score (nSPS) is 14.9. The lowest BCUT2D eigenvalue weighted by Crippen LogP contribution is -2.34. The van der Waals surface area contributed by atoms with Crippen LogP contribution in [0.2, 0.25) is 0 Å². The fourth-order valence-electron chi connectivity index (χ4n) is 2.77. The Hall–Kier alpha value is -0.820. The van der Waals surface area contributed by atoms with Gasteiger partial charge in [0.25, 0.3) is 0 Å². The van der Waals surface area contributed by atoms with Gasteiger partial charge in [-0.05, 0) is 30.7 Å². The van der Waals surface area contributed by atoms with E-state index in [-0.39, 0.29) is 0 Å². The summed E-state index contributed by atoms with van der Waals surface area (Å²) in [6, 6.07) is 10.2. The van der Waals surface area contributed by atoms with Crippen molar-refractivity contribution >= 4 is 0 Å². The fourth-order valence-corrected chi connectivity index (χ4v) is 2.77. The van der Waals surface area contributed by atoms with Crippen LogP contribution in [0.1, 0.15) is 58.4 Å². The zero-order valence-corrected chi connectivity index (χ0v) is 11.4. The fraction of sp³-hybridized carbons (Fsp3) is 0.625. The maximum atomic E-state index is 11.0. The molecule has 1 aromatic carbocycles. The number of hydrogen-bond donors (Lipinski definition) is 1. The second-order valence-corrected chi connectivity index (χ2v) is 4.92. The minimum atomic E-state index is -0.646. The van der Waals surface area contributed by atoms with Gasteiger partial charge in [-0.15, -0.1) is 0 Å². The summed E-state index contributed by atoms with van der Waals surface area (Å²) in [6.07, 6.45) is 5.28. The highest BCUT2D eigenvalue weighted by atomic mass is 16.3. The second-order valence-electron chi connectivity index (χ2n) is 4.92. The molecule has 1 aromatic rings. The number of benzene rings is 1. The van der Waals surface area contributed by atoms with Crippen molar-refractivity contribution in [3.8, 4) is 0 Å². The van der Waals surface area contributed by atoms with Gasteiger partial charge in [-0.1, -0.05) is 63.9 Å². The van der Waals surface area contributed by atoms with Gasteiger partial charge in [-0.25, -0.2) is 0 Å². The summed E-state index contributed by atoms with van der Waals surface area (Å²) in [4.78, 5) is 0. The first-order valence-electron chi connectivity index (χ1n) is 6.96. The van der Waals surface area contributed by atoms with Gasteiger partial charge in [0.1, 0.15) is 0 Å². The molecule has 0 fully saturated rings. The molecule has 1 atom stereocenters. The van der Waals surface area contributed by atoms with Gasteiger partial charge in [0.2, 0.25) is 0 Å². The average molecular weight is 234 g/mol. The first-order valence-corrected chi connectivity index (χ1v) is 6.96. The molecule has 1 nitrogen and oxygen atoms in total. The number of rotatable bonds is 7. The molecule has 0 aromatic heterocycles. The maximum Gasteiger partial charge on any atom is 0.0921 e. The van der Waals surface area contributed by atoms with E-state index in [4.69, 9.17) is 0 Å². The van der Waals surface area contributed by atoms with E-state index < -0.39 is 5.60 Å². The van der Waals surface area contributed by atoms with Crippen LogP contribution in [0, 0.1) is 5.92 Å². The van der Waals surface area contributed by atoms with Crippen molar-refractivity contribution in [1.82, 2.24) is 0 Å². The van der Waals surface area contributed by atoms with Crippen LogP contribution in [0.15, 0.2) is 30.3 Å². The van der Waals surface area contributed by atoms with Crippen LogP contribution in [0.25, 0.3) is 0 Å².